The maximum absolute atomic E-state index is 13.7. The molecule has 0 saturated carbocycles. The Morgan fingerprint density at radius 1 is 1.17 bits per heavy atom. The molecule has 0 radical (unpaired) electrons. The van der Waals surface area contributed by atoms with Gasteiger partial charge in [0, 0.05) is 23.7 Å². The molecule has 0 fully saturated rings. The van der Waals surface area contributed by atoms with E-state index < -0.39 is 11.7 Å². The van der Waals surface area contributed by atoms with E-state index in [1.165, 1.54) is 30.0 Å². The van der Waals surface area contributed by atoms with Gasteiger partial charge in [0.05, 0.1) is 18.4 Å². The van der Waals surface area contributed by atoms with Crippen LogP contribution in [0.1, 0.15) is 28.4 Å². The highest BCUT2D eigenvalue weighted by molar-refractivity contribution is 7.98. The lowest BCUT2D eigenvalue weighted by Crippen LogP contribution is -2.20. The topological polar surface area (TPSA) is 76.5 Å². The summed E-state index contributed by atoms with van der Waals surface area (Å²) in [5, 5.41) is 4.77. The van der Waals surface area contributed by atoms with E-state index >= 15 is 0 Å². The highest BCUT2D eigenvalue weighted by atomic mass is 32.2. The summed E-state index contributed by atoms with van der Waals surface area (Å²) in [6.45, 7) is 1.76. The van der Waals surface area contributed by atoms with Gasteiger partial charge in [-0.1, -0.05) is 23.9 Å². The monoisotopic (exact) mass is 410 g/mol. The van der Waals surface area contributed by atoms with Crippen LogP contribution in [0.25, 0.3) is 0 Å². The van der Waals surface area contributed by atoms with Crippen molar-refractivity contribution in [1.29, 1.82) is 0 Å². The molecule has 1 aromatic heterocycles. The normalized spacial score (nSPS) is 11.2. The van der Waals surface area contributed by atoms with Crippen molar-refractivity contribution in [1.82, 2.24) is 15.4 Å². The summed E-state index contributed by atoms with van der Waals surface area (Å²) in [5.74, 6) is 0.147. The number of nitrogens with one attached hydrogen (secondary N) is 1. The summed E-state index contributed by atoms with van der Waals surface area (Å²) in [5.41, 5.74) is 4.67. The third-order valence-corrected chi connectivity index (χ3v) is 4.97. The van der Waals surface area contributed by atoms with Crippen molar-refractivity contribution in [3.8, 4) is 5.75 Å². The summed E-state index contributed by atoms with van der Waals surface area (Å²) >= 11 is 1.49. The molecule has 0 aliphatic carbocycles. The number of hydrazone groups is 1. The second kappa shape index (κ2) is 9.79. The first-order valence-corrected chi connectivity index (χ1v) is 9.73. The van der Waals surface area contributed by atoms with E-state index in [0.29, 0.717) is 16.6 Å². The molecule has 0 spiro atoms. The summed E-state index contributed by atoms with van der Waals surface area (Å²) in [6, 6.07) is 13.1. The molecule has 3 aromatic rings. The number of hydrogen-bond donors (Lipinski definition) is 1. The number of carbonyl (C=O) groups excluding carboxylic acids is 1. The van der Waals surface area contributed by atoms with Gasteiger partial charge in [-0.15, -0.1) is 0 Å². The fourth-order valence-corrected chi connectivity index (χ4v) is 3.30. The van der Waals surface area contributed by atoms with Gasteiger partial charge < -0.3 is 4.74 Å². The number of aromatic nitrogens is 2. The maximum Gasteiger partial charge on any atom is 0.274 e. The quantitative estimate of drug-likeness (QED) is 0.275. The molecular weight excluding hydrogens is 391 g/mol. The van der Waals surface area contributed by atoms with Crippen LogP contribution in [-0.4, -0.2) is 28.7 Å². The first kappa shape index (κ1) is 20.5. The zero-order chi connectivity index (χ0) is 20.6. The minimum Gasteiger partial charge on any atom is -0.496 e. The first-order valence-electron chi connectivity index (χ1n) is 8.74. The highest BCUT2D eigenvalue weighted by Gasteiger charge is 2.11. The van der Waals surface area contributed by atoms with Crippen LogP contribution < -0.4 is 10.2 Å². The van der Waals surface area contributed by atoms with E-state index in [9.17, 15) is 9.18 Å². The summed E-state index contributed by atoms with van der Waals surface area (Å²) < 4.78 is 19.1. The molecule has 0 atom stereocenters. The third-order valence-electron chi connectivity index (χ3n) is 4.04. The molecule has 0 saturated heterocycles. The summed E-state index contributed by atoms with van der Waals surface area (Å²) in [7, 11) is 1.61. The zero-order valence-corrected chi connectivity index (χ0v) is 16.7. The van der Waals surface area contributed by atoms with E-state index in [2.05, 4.69) is 20.5 Å². The average molecular weight is 410 g/mol. The van der Waals surface area contributed by atoms with Crippen LogP contribution in [0.15, 0.2) is 71.2 Å². The molecule has 0 unspecified atom stereocenters. The first-order chi connectivity index (χ1) is 14.1. The predicted molar refractivity (Wildman–Crippen MR) is 111 cm³/mol. The molecule has 3 rings (SSSR count). The van der Waals surface area contributed by atoms with Crippen LogP contribution >= 0.6 is 11.8 Å². The zero-order valence-electron chi connectivity index (χ0n) is 15.9. The Bertz CT molecular complexity index is 1030. The Morgan fingerprint density at radius 2 is 1.93 bits per heavy atom. The number of methoxy groups -OCH3 is 1. The number of carbonyl (C=O) groups is 1. The Morgan fingerprint density at radius 3 is 2.66 bits per heavy atom. The van der Waals surface area contributed by atoms with Gasteiger partial charge in [-0.3, -0.25) is 4.79 Å². The predicted octanol–water partition coefficient (Wildman–Crippen LogP) is 4.07. The number of benzene rings is 2. The van der Waals surface area contributed by atoms with E-state index in [1.54, 1.807) is 38.6 Å². The number of thioether (sulfide) groups is 1. The lowest BCUT2D eigenvalue weighted by Gasteiger charge is -2.10. The smallest absolute Gasteiger partial charge is 0.274 e. The lowest BCUT2D eigenvalue weighted by atomic mass is 10.1. The number of hydrogen-bond acceptors (Lipinski definition) is 6. The molecule has 29 heavy (non-hydrogen) atoms. The van der Waals surface area contributed by atoms with Gasteiger partial charge >= 0.3 is 0 Å². The molecule has 0 aliphatic rings. The minimum absolute atomic E-state index is 0.0567. The van der Waals surface area contributed by atoms with E-state index in [1.807, 2.05) is 18.2 Å². The number of rotatable bonds is 7. The van der Waals surface area contributed by atoms with Crippen LogP contribution in [0.3, 0.4) is 0 Å². The van der Waals surface area contributed by atoms with Gasteiger partial charge in [0.1, 0.15) is 11.6 Å². The van der Waals surface area contributed by atoms with Crippen LogP contribution in [0.5, 0.6) is 5.75 Å². The Hall–Kier alpha value is -3.26. The standard InChI is InChI=1S/C21H19FN4O2S/c1-14(25-26-20(27)17-6-3-4-7-18(17)22)15-8-9-19(28-2)16(12-15)13-29-21-23-10-5-11-24-21/h3-12H,13H2,1-2H3,(H,26,27). The number of nitrogens with zero attached hydrogens (tertiary/aromatic N) is 3. The molecule has 6 nitrogen and oxygen atoms in total. The highest BCUT2D eigenvalue weighted by Crippen LogP contribution is 2.27. The molecule has 0 bridgehead atoms. The van der Waals surface area contributed by atoms with Crippen molar-refractivity contribution in [2.45, 2.75) is 17.8 Å². The van der Waals surface area contributed by atoms with Crippen LogP contribution in [0, 0.1) is 5.82 Å². The average Bonchev–Trinajstić information content (AvgIpc) is 2.76. The van der Waals surface area contributed by atoms with Crippen molar-refractivity contribution in [2.24, 2.45) is 5.10 Å². The molecule has 2 aromatic carbocycles. The SMILES string of the molecule is COc1ccc(C(C)=NNC(=O)c2ccccc2F)cc1CSc1ncccn1. The molecule has 8 heteroatoms. The van der Waals surface area contributed by atoms with Gasteiger partial charge in [0.25, 0.3) is 5.91 Å². The summed E-state index contributed by atoms with van der Waals surface area (Å²) in [4.78, 5) is 20.5. The molecule has 1 N–H and O–H groups in total. The number of amides is 1. The van der Waals surface area contributed by atoms with E-state index in [0.717, 1.165) is 16.9 Å². The van der Waals surface area contributed by atoms with Crippen molar-refractivity contribution in [3.63, 3.8) is 0 Å². The van der Waals surface area contributed by atoms with Crippen molar-refractivity contribution >= 4 is 23.4 Å². The van der Waals surface area contributed by atoms with E-state index in [-0.39, 0.29) is 5.56 Å². The Balaban J connectivity index is 1.74. The molecule has 148 valence electrons. The second-order valence-corrected chi connectivity index (χ2v) is 6.91. The van der Waals surface area contributed by atoms with Crippen LogP contribution in [0.2, 0.25) is 0 Å². The van der Waals surface area contributed by atoms with Gasteiger partial charge in [-0.05, 0) is 48.9 Å². The molecule has 1 heterocycles. The molecule has 0 aliphatic heterocycles. The van der Waals surface area contributed by atoms with Gasteiger partial charge in [0.15, 0.2) is 5.16 Å². The maximum atomic E-state index is 13.7. The molecular formula is C21H19FN4O2S. The fourth-order valence-electron chi connectivity index (χ4n) is 2.52. The minimum atomic E-state index is -0.604. The Labute approximate surface area is 172 Å². The van der Waals surface area contributed by atoms with Crippen LogP contribution in [0.4, 0.5) is 4.39 Å². The van der Waals surface area contributed by atoms with E-state index in [4.69, 9.17) is 4.74 Å². The third kappa shape index (κ3) is 5.39. The van der Waals surface area contributed by atoms with Crippen LogP contribution in [-0.2, 0) is 5.75 Å². The number of ether oxygens (including phenoxy) is 1. The van der Waals surface area contributed by atoms with Crippen molar-refractivity contribution in [3.05, 3.63) is 83.4 Å². The summed E-state index contributed by atoms with van der Waals surface area (Å²) in [6.07, 6.45) is 3.39. The molecule has 1 amide bonds. The largest absolute Gasteiger partial charge is 0.496 e. The Kier molecular flexibility index (Phi) is 6.91. The lowest BCUT2D eigenvalue weighted by molar-refractivity contribution is 0.0951. The van der Waals surface area contributed by atoms with Gasteiger partial charge in [-0.2, -0.15) is 5.10 Å². The van der Waals surface area contributed by atoms with Gasteiger partial charge in [-0.25, -0.2) is 19.8 Å². The fraction of sp³-hybridized carbons (Fsp3) is 0.143. The van der Waals surface area contributed by atoms with Crippen molar-refractivity contribution < 1.29 is 13.9 Å². The van der Waals surface area contributed by atoms with Crippen molar-refractivity contribution in [2.75, 3.05) is 7.11 Å². The van der Waals surface area contributed by atoms with Gasteiger partial charge in [0.2, 0.25) is 0 Å². The second-order valence-electron chi connectivity index (χ2n) is 5.96. The number of halogens is 1.